The molecular weight excluding hydrogens is 290 g/mol. The van der Waals surface area contributed by atoms with E-state index in [2.05, 4.69) is 37.7 Å². The Bertz CT molecular complexity index is 623. The lowest BCUT2D eigenvalue weighted by atomic mass is 10.2. The van der Waals surface area contributed by atoms with Crippen molar-refractivity contribution >= 4 is 11.5 Å². The van der Waals surface area contributed by atoms with E-state index in [1.165, 1.54) is 0 Å². The number of benzene rings is 1. The van der Waals surface area contributed by atoms with Crippen molar-refractivity contribution in [1.82, 2.24) is 25.5 Å². The molecule has 1 fully saturated rings. The number of rotatable bonds is 5. The summed E-state index contributed by atoms with van der Waals surface area (Å²) < 4.78 is 0. The lowest BCUT2D eigenvalue weighted by molar-refractivity contribution is 0.426. The van der Waals surface area contributed by atoms with E-state index in [0.717, 1.165) is 49.8 Å². The molecule has 122 valence electrons. The zero-order valence-corrected chi connectivity index (χ0v) is 13.7. The topological polar surface area (TPSA) is 69.2 Å². The number of hydrogen-bond donors (Lipinski definition) is 2. The Labute approximate surface area is 136 Å². The highest BCUT2D eigenvalue weighted by Gasteiger charge is 2.13. The summed E-state index contributed by atoms with van der Waals surface area (Å²) in [5, 5.41) is 13.7. The van der Waals surface area contributed by atoms with Crippen LogP contribution in [0.15, 0.2) is 30.5 Å². The molecule has 2 aromatic rings. The minimum absolute atomic E-state index is 0.663. The molecule has 2 N–H and O–H groups in total. The zero-order valence-electron chi connectivity index (χ0n) is 13.7. The minimum atomic E-state index is 0.663. The summed E-state index contributed by atoms with van der Waals surface area (Å²) in [5.41, 5.74) is 5.31. The molecule has 7 nitrogen and oxygen atoms in total. The molecule has 23 heavy (non-hydrogen) atoms. The summed E-state index contributed by atoms with van der Waals surface area (Å²) >= 11 is 0. The van der Waals surface area contributed by atoms with Gasteiger partial charge in [-0.15, -0.1) is 5.10 Å². The summed E-state index contributed by atoms with van der Waals surface area (Å²) in [7, 11) is 2.01. The molecule has 1 aromatic heterocycles. The van der Waals surface area contributed by atoms with Gasteiger partial charge >= 0.3 is 0 Å². The van der Waals surface area contributed by atoms with Crippen LogP contribution >= 0.6 is 0 Å². The quantitative estimate of drug-likeness (QED) is 0.805. The maximum Gasteiger partial charge on any atom is 0.183 e. The summed E-state index contributed by atoms with van der Waals surface area (Å²) in [5.74, 6) is 1.56. The van der Waals surface area contributed by atoms with Gasteiger partial charge < -0.3 is 15.6 Å². The molecule has 0 spiro atoms. The van der Waals surface area contributed by atoms with Crippen molar-refractivity contribution in [3.63, 3.8) is 0 Å². The monoisotopic (exact) mass is 313 g/mol. The third-order valence-electron chi connectivity index (χ3n) is 3.92. The second-order valence-electron chi connectivity index (χ2n) is 5.58. The van der Waals surface area contributed by atoms with E-state index in [1.807, 2.05) is 36.3 Å². The molecule has 0 saturated carbocycles. The van der Waals surface area contributed by atoms with Crippen molar-refractivity contribution in [2.24, 2.45) is 0 Å². The fourth-order valence-corrected chi connectivity index (χ4v) is 2.46. The van der Waals surface area contributed by atoms with E-state index in [-0.39, 0.29) is 0 Å². The molecule has 0 atom stereocenters. The molecule has 0 bridgehead atoms. The van der Waals surface area contributed by atoms with Gasteiger partial charge in [0.2, 0.25) is 0 Å². The van der Waals surface area contributed by atoms with E-state index in [0.29, 0.717) is 5.82 Å². The highest BCUT2D eigenvalue weighted by molar-refractivity contribution is 5.60. The van der Waals surface area contributed by atoms with Crippen molar-refractivity contribution in [1.29, 1.82) is 0 Å². The van der Waals surface area contributed by atoms with Crippen LogP contribution < -0.4 is 15.6 Å². The van der Waals surface area contributed by atoms with Gasteiger partial charge in [-0.2, -0.15) is 5.10 Å². The van der Waals surface area contributed by atoms with Crippen molar-refractivity contribution in [3.8, 4) is 11.4 Å². The fourth-order valence-electron chi connectivity index (χ4n) is 2.46. The van der Waals surface area contributed by atoms with Crippen molar-refractivity contribution in [2.45, 2.75) is 6.92 Å². The third kappa shape index (κ3) is 3.94. The lowest BCUT2D eigenvalue weighted by Crippen LogP contribution is -2.44. The molecule has 2 heterocycles. The standard InChI is InChI=1S/C16H23N7/c1-3-22(2)21-14-6-4-13(5-7-14)16-19-15(12-18-20-16)23-10-8-17-9-11-23/h4-7,12,17,21H,3,8-11H2,1-2H3. The Kier molecular flexibility index (Phi) is 4.99. The van der Waals surface area contributed by atoms with Gasteiger partial charge in [-0.3, -0.25) is 0 Å². The van der Waals surface area contributed by atoms with Crippen LogP contribution in [0.25, 0.3) is 11.4 Å². The van der Waals surface area contributed by atoms with Gasteiger partial charge in [-0.1, -0.05) is 6.92 Å². The zero-order chi connectivity index (χ0) is 16.1. The van der Waals surface area contributed by atoms with E-state index in [1.54, 1.807) is 6.20 Å². The Morgan fingerprint density at radius 2 is 1.96 bits per heavy atom. The first-order chi connectivity index (χ1) is 11.3. The van der Waals surface area contributed by atoms with Crippen LogP contribution in [0, 0.1) is 0 Å². The number of aromatic nitrogens is 3. The van der Waals surface area contributed by atoms with Crippen LogP contribution in [-0.4, -0.2) is 60.0 Å². The summed E-state index contributed by atoms with van der Waals surface area (Å²) in [6.45, 7) is 6.88. The number of nitrogens with one attached hydrogen (secondary N) is 2. The van der Waals surface area contributed by atoms with Gasteiger partial charge in [0.25, 0.3) is 0 Å². The normalized spacial score (nSPS) is 15.0. The predicted molar refractivity (Wildman–Crippen MR) is 92.3 cm³/mol. The molecule has 0 radical (unpaired) electrons. The molecule has 1 aliphatic heterocycles. The Hall–Kier alpha value is -2.25. The third-order valence-corrected chi connectivity index (χ3v) is 3.92. The minimum Gasteiger partial charge on any atom is -0.353 e. The Morgan fingerprint density at radius 1 is 1.22 bits per heavy atom. The average molecular weight is 313 g/mol. The molecule has 0 unspecified atom stereocenters. The summed E-state index contributed by atoms with van der Waals surface area (Å²) in [6, 6.07) is 8.10. The number of nitrogens with zero attached hydrogens (tertiary/aromatic N) is 5. The van der Waals surface area contributed by atoms with Gasteiger partial charge in [0.05, 0.1) is 6.20 Å². The highest BCUT2D eigenvalue weighted by atomic mass is 15.5. The van der Waals surface area contributed by atoms with Gasteiger partial charge in [-0.05, 0) is 24.3 Å². The maximum absolute atomic E-state index is 4.67. The molecule has 0 amide bonds. The van der Waals surface area contributed by atoms with Crippen LogP contribution in [0.5, 0.6) is 0 Å². The van der Waals surface area contributed by atoms with Gasteiger partial charge in [0.15, 0.2) is 11.6 Å². The smallest absolute Gasteiger partial charge is 0.183 e. The first-order valence-corrected chi connectivity index (χ1v) is 8.00. The molecule has 0 aliphatic carbocycles. The maximum atomic E-state index is 4.67. The predicted octanol–water partition coefficient (Wildman–Crippen LogP) is 1.23. The van der Waals surface area contributed by atoms with Crippen molar-refractivity contribution in [3.05, 3.63) is 30.5 Å². The van der Waals surface area contributed by atoms with Gasteiger partial charge in [0.1, 0.15) is 0 Å². The van der Waals surface area contributed by atoms with Crippen LogP contribution in [0.3, 0.4) is 0 Å². The van der Waals surface area contributed by atoms with Gasteiger partial charge in [-0.25, -0.2) is 9.99 Å². The summed E-state index contributed by atoms with van der Waals surface area (Å²) in [6.07, 6.45) is 1.74. The van der Waals surface area contributed by atoms with Gasteiger partial charge in [0, 0.05) is 51.0 Å². The molecule has 1 aliphatic rings. The number of piperazine rings is 1. The first kappa shape index (κ1) is 15.6. The fraction of sp³-hybridized carbons (Fsp3) is 0.438. The largest absolute Gasteiger partial charge is 0.353 e. The van der Waals surface area contributed by atoms with Crippen LogP contribution in [0.2, 0.25) is 0 Å². The summed E-state index contributed by atoms with van der Waals surface area (Å²) in [4.78, 5) is 6.90. The first-order valence-electron chi connectivity index (χ1n) is 8.00. The molecular formula is C16H23N7. The van der Waals surface area contributed by atoms with E-state index in [9.17, 15) is 0 Å². The molecule has 1 saturated heterocycles. The second kappa shape index (κ2) is 7.34. The van der Waals surface area contributed by atoms with E-state index in [4.69, 9.17) is 0 Å². The number of anilines is 2. The number of hydrogen-bond acceptors (Lipinski definition) is 7. The molecule has 7 heteroatoms. The Morgan fingerprint density at radius 3 is 2.65 bits per heavy atom. The Balaban J connectivity index is 1.76. The number of hydrazine groups is 1. The van der Waals surface area contributed by atoms with Crippen LogP contribution in [-0.2, 0) is 0 Å². The van der Waals surface area contributed by atoms with Crippen LogP contribution in [0.1, 0.15) is 6.92 Å². The average Bonchev–Trinajstić information content (AvgIpc) is 2.63. The lowest BCUT2D eigenvalue weighted by Gasteiger charge is -2.28. The SMILES string of the molecule is CCN(C)Nc1ccc(-c2nncc(N3CCNCC3)n2)cc1. The van der Waals surface area contributed by atoms with E-state index >= 15 is 0 Å². The highest BCUT2D eigenvalue weighted by Crippen LogP contribution is 2.20. The van der Waals surface area contributed by atoms with Crippen molar-refractivity contribution in [2.75, 3.05) is 50.1 Å². The van der Waals surface area contributed by atoms with Crippen molar-refractivity contribution < 1.29 is 0 Å². The van der Waals surface area contributed by atoms with Crippen LogP contribution in [0.4, 0.5) is 11.5 Å². The second-order valence-corrected chi connectivity index (χ2v) is 5.58. The molecule has 3 rings (SSSR count). The molecule has 1 aromatic carbocycles. The van der Waals surface area contributed by atoms with E-state index < -0.39 is 0 Å².